The second-order valence-corrected chi connectivity index (χ2v) is 9.07. The lowest BCUT2D eigenvalue weighted by Crippen LogP contribution is -2.38. The van der Waals surface area contributed by atoms with E-state index >= 15 is 0 Å². The van der Waals surface area contributed by atoms with Crippen LogP contribution in [0.2, 0.25) is 0 Å². The molecule has 0 radical (unpaired) electrons. The van der Waals surface area contributed by atoms with E-state index in [1.807, 2.05) is 19.9 Å². The van der Waals surface area contributed by atoms with Gasteiger partial charge in [-0.05, 0) is 43.2 Å². The van der Waals surface area contributed by atoms with Crippen LogP contribution in [0, 0.1) is 0 Å². The van der Waals surface area contributed by atoms with Gasteiger partial charge in [-0.15, -0.1) is 4.40 Å². The van der Waals surface area contributed by atoms with Crippen LogP contribution >= 0.6 is 0 Å². The Morgan fingerprint density at radius 1 is 1.13 bits per heavy atom. The number of benzene rings is 2. The molecule has 3 rings (SSSR count). The molecule has 164 valence electrons. The smallest absolute Gasteiger partial charge is 0.285 e. The van der Waals surface area contributed by atoms with Crippen LogP contribution in [0.1, 0.15) is 41.8 Å². The molecular weight excluding hydrogens is 416 g/mol. The first-order valence-corrected chi connectivity index (χ1v) is 11.5. The molecule has 0 saturated heterocycles. The second-order valence-electron chi connectivity index (χ2n) is 7.50. The Morgan fingerprint density at radius 2 is 1.87 bits per heavy atom. The molecular formula is C22H26N4O4S. The summed E-state index contributed by atoms with van der Waals surface area (Å²) in [7, 11) is -2.12. The van der Waals surface area contributed by atoms with Crippen LogP contribution in [-0.2, 0) is 21.4 Å². The molecule has 0 fully saturated rings. The van der Waals surface area contributed by atoms with Gasteiger partial charge in [0.2, 0.25) is 5.91 Å². The molecule has 0 spiro atoms. The van der Waals surface area contributed by atoms with E-state index < -0.39 is 10.0 Å². The summed E-state index contributed by atoms with van der Waals surface area (Å²) in [4.78, 5) is 26.4. The quantitative estimate of drug-likeness (QED) is 0.681. The summed E-state index contributed by atoms with van der Waals surface area (Å²) in [6.07, 6.45) is 0.839. The van der Waals surface area contributed by atoms with Crippen molar-refractivity contribution in [2.24, 2.45) is 4.40 Å². The van der Waals surface area contributed by atoms with Crippen molar-refractivity contribution in [2.75, 3.05) is 13.6 Å². The minimum absolute atomic E-state index is 0.0587. The number of carbonyl (C=O) groups is 2. The summed E-state index contributed by atoms with van der Waals surface area (Å²) in [6, 6.07) is 13.7. The number of hydrogen-bond acceptors (Lipinski definition) is 5. The number of rotatable bonds is 7. The third kappa shape index (κ3) is 5.29. The number of sulfonamides is 1. The van der Waals surface area contributed by atoms with E-state index in [1.54, 1.807) is 43.4 Å². The van der Waals surface area contributed by atoms with Gasteiger partial charge in [0.25, 0.3) is 15.9 Å². The van der Waals surface area contributed by atoms with Gasteiger partial charge >= 0.3 is 0 Å². The van der Waals surface area contributed by atoms with Gasteiger partial charge in [0.15, 0.2) is 5.84 Å². The van der Waals surface area contributed by atoms with Gasteiger partial charge in [0.1, 0.15) is 4.90 Å². The highest BCUT2D eigenvalue weighted by Gasteiger charge is 2.30. The lowest BCUT2D eigenvalue weighted by Gasteiger charge is -2.18. The highest BCUT2D eigenvalue weighted by molar-refractivity contribution is 7.90. The molecule has 1 aliphatic rings. The summed E-state index contributed by atoms with van der Waals surface area (Å²) in [5.41, 5.74) is 1.81. The predicted octanol–water partition coefficient (Wildman–Crippen LogP) is 1.91. The molecule has 2 aromatic carbocycles. The third-order valence-corrected chi connectivity index (χ3v) is 6.35. The van der Waals surface area contributed by atoms with Gasteiger partial charge in [-0.1, -0.05) is 31.2 Å². The lowest BCUT2D eigenvalue weighted by molar-refractivity contribution is -0.121. The normalized spacial score (nSPS) is 14.9. The van der Waals surface area contributed by atoms with E-state index in [9.17, 15) is 18.0 Å². The molecule has 9 heteroatoms. The topological polar surface area (TPSA) is 108 Å². The molecule has 0 aliphatic carbocycles. The van der Waals surface area contributed by atoms with E-state index in [2.05, 4.69) is 15.0 Å². The molecule has 0 bridgehead atoms. The van der Waals surface area contributed by atoms with E-state index in [0.29, 0.717) is 11.1 Å². The van der Waals surface area contributed by atoms with Crippen LogP contribution in [0.15, 0.2) is 57.8 Å². The lowest BCUT2D eigenvalue weighted by atomic mass is 10.1. The minimum Gasteiger partial charge on any atom is -0.350 e. The average molecular weight is 443 g/mol. The first-order valence-electron chi connectivity index (χ1n) is 10.0. The van der Waals surface area contributed by atoms with Crippen LogP contribution < -0.4 is 10.6 Å². The highest BCUT2D eigenvalue weighted by Crippen LogP contribution is 2.26. The van der Waals surface area contributed by atoms with Gasteiger partial charge in [-0.3, -0.25) is 9.59 Å². The van der Waals surface area contributed by atoms with Crippen molar-refractivity contribution in [1.82, 2.24) is 15.5 Å². The number of nitrogens with zero attached hydrogens (tertiary/aromatic N) is 2. The SMILES string of the molecule is CC[C@@H](C)NC(=O)c1cccc(CNC(=O)CN(C)C2=NS(=O)(=O)c3ccccc32)c1. The molecule has 1 heterocycles. The maximum Gasteiger partial charge on any atom is 0.285 e. The Morgan fingerprint density at radius 3 is 2.61 bits per heavy atom. The van der Waals surface area contributed by atoms with Gasteiger partial charge < -0.3 is 15.5 Å². The van der Waals surface area contributed by atoms with Crippen LogP contribution in [0.3, 0.4) is 0 Å². The molecule has 0 aromatic heterocycles. The average Bonchev–Trinajstić information content (AvgIpc) is 3.03. The number of amidine groups is 1. The number of hydrogen-bond donors (Lipinski definition) is 2. The zero-order valence-electron chi connectivity index (χ0n) is 17.8. The number of fused-ring (bicyclic) bond motifs is 1. The van der Waals surface area contributed by atoms with E-state index in [1.165, 1.54) is 11.0 Å². The molecule has 2 aromatic rings. The van der Waals surface area contributed by atoms with Crippen LogP contribution in [0.4, 0.5) is 0 Å². The van der Waals surface area contributed by atoms with Gasteiger partial charge in [0, 0.05) is 30.8 Å². The van der Waals surface area contributed by atoms with E-state index in [0.717, 1.165) is 12.0 Å². The number of carbonyl (C=O) groups excluding carboxylic acids is 2. The van der Waals surface area contributed by atoms with E-state index in [4.69, 9.17) is 0 Å². The molecule has 31 heavy (non-hydrogen) atoms. The monoisotopic (exact) mass is 442 g/mol. The minimum atomic E-state index is -3.74. The Balaban J connectivity index is 1.60. The third-order valence-electron chi connectivity index (χ3n) is 5.02. The summed E-state index contributed by atoms with van der Waals surface area (Å²) in [5.74, 6) is -0.197. The standard InChI is InChI=1S/C22H26N4O4S/c1-4-15(2)24-22(28)17-9-7-8-16(12-17)13-23-20(27)14-26(3)21-18-10-5-6-11-19(18)31(29,30)25-21/h5-12,15H,4,13-14H2,1-3H3,(H,23,27)(H,24,28)/t15-/m1/s1. The number of amides is 2. The van der Waals surface area contributed by atoms with E-state index in [-0.39, 0.29) is 41.7 Å². The summed E-state index contributed by atoms with van der Waals surface area (Å²) >= 11 is 0. The number of likely N-dealkylation sites (N-methyl/N-ethyl adjacent to an activating group) is 1. The number of nitrogens with one attached hydrogen (secondary N) is 2. The Bertz CT molecular complexity index is 1130. The van der Waals surface area contributed by atoms with Crippen molar-refractivity contribution in [3.8, 4) is 0 Å². The highest BCUT2D eigenvalue weighted by atomic mass is 32.2. The first-order chi connectivity index (χ1) is 14.7. The first kappa shape index (κ1) is 22.5. The van der Waals surface area contributed by atoms with Crippen LogP contribution in [-0.4, -0.2) is 50.6 Å². The summed E-state index contributed by atoms with van der Waals surface area (Å²) in [6.45, 7) is 4.13. The molecule has 0 unspecified atom stereocenters. The van der Waals surface area contributed by atoms with Crippen molar-refractivity contribution in [3.63, 3.8) is 0 Å². The second kappa shape index (κ2) is 9.30. The predicted molar refractivity (Wildman–Crippen MR) is 118 cm³/mol. The molecule has 2 N–H and O–H groups in total. The molecule has 2 amide bonds. The fraction of sp³-hybridized carbons (Fsp3) is 0.318. The zero-order valence-corrected chi connectivity index (χ0v) is 18.6. The maximum absolute atomic E-state index is 12.4. The molecule has 1 atom stereocenters. The molecule has 1 aliphatic heterocycles. The zero-order chi connectivity index (χ0) is 22.6. The van der Waals surface area contributed by atoms with Crippen molar-refractivity contribution < 1.29 is 18.0 Å². The van der Waals surface area contributed by atoms with Crippen molar-refractivity contribution in [3.05, 3.63) is 65.2 Å². The fourth-order valence-corrected chi connectivity index (χ4v) is 4.39. The van der Waals surface area contributed by atoms with Gasteiger partial charge in [-0.2, -0.15) is 8.42 Å². The summed E-state index contributed by atoms with van der Waals surface area (Å²) < 4.78 is 28.2. The van der Waals surface area contributed by atoms with Gasteiger partial charge in [-0.25, -0.2) is 0 Å². The van der Waals surface area contributed by atoms with Crippen LogP contribution in [0.5, 0.6) is 0 Å². The molecule has 8 nitrogen and oxygen atoms in total. The van der Waals surface area contributed by atoms with Crippen LogP contribution in [0.25, 0.3) is 0 Å². The van der Waals surface area contributed by atoms with Crippen molar-refractivity contribution >= 4 is 27.7 Å². The largest absolute Gasteiger partial charge is 0.350 e. The van der Waals surface area contributed by atoms with Crippen molar-refractivity contribution in [2.45, 2.75) is 37.8 Å². The Hall–Kier alpha value is -3.20. The Kier molecular flexibility index (Phi) is 6.74. The Labute approximate surface area is 182 Å². The van der Waals surface area contributed by atoms with Gasteiger partial charge in [0.05, 0.1) is 6.54 Å². The molecule has 0 saturated carbocycles. The maximum atomic E-state index is 12.4. The fourth-order valence-electron chi connectivity index (χ4n) is 3.14. The summed E-state index contributed by atoms with van der Waals surface area (Å²) in [5, 5.41) is 5.71. The van der Waals surface area contributed by atoms with Crippen molar-refractivity contribution in [1.29, 1.82) is 0 Å².